The van der Waals surface area contributed by atoms with Gasteiger partial charge in [-0.05, 0) is 24.3 Å². The van der Waals surface area contributed by atoms with E-state index in [0.29, 0.717) is 5.69 Å². The molecule has 0 bridgehead atoms. The summed E-state index contributed by atoms with van der Waals surface area (Å²) in [4.78, 5) is 11.8. The smallest absolute Gasteiger partial charge is 0.276 e. The van der Waals surface area contributed by atoms with Crippen molar-refractivity contribution >= 4 is 46.4 Å². The molecule has 1 amide bonds. The zero-order valence-electron chi connectivity index (χ0n) is 9.19. The first-order chi connectivity index (χ1) is 8.97. The van der Waals surface area contributed by atoms with Crippen molar-refractivity contribution in [2.24, 2.45) is 0 Å². The van der Waals surface area contributed by atoms with Gasteiger partial charge < -0.3 is 10.4 Å². The van der Waals surface area contributed by atoms with Crippen LogP contribution in [-0.4, -0.2) is 21.2 Å². The fraction of sp³-hybridized carbons (Fsp3) is 0. The van der Waals surface area contributed by atoms with Gasteiger partial charge in [-0.1, -0.05) is 34.8 Å². The van der Waals surface area contributed by atoms with E-state index in [4.69, 9.17) is 34.8 Å². The van der Waals surface area contributed by atoms with Crippen LogP contribution in [0.25, 0.3) is 0 Å². The Morgan fingerprint density at radius 1 is 1.11 bits per heavy atom. The molecule has 0 radical (unpaired) electrons. The van der Waals surface area contributed by atoms with E-state index >= 15 is 0 Å². The molecule has 1 aromatic heterocycles. The van der Waals surface area contributed by atoms with Crippen LogP contribution in [0, 0.1) is 0 Å². The molecule has 0 saturated heterocycles. The molecule has 0 aliphatic carbocycles. The first kappa shape index (κ1) is 13.9. The number of benzene rings is 1. The highest BCUT2D eigenvalue weighted by molar-refractivity contribution is 6.37. The maximum absolute atomic E-state index is 11.8. The third-order valence-electron chi connectivity index (χ3n) is 2.14. The Labute approximate surface area is 123 Å². The number of rotatable bonds is 2. The van der Waals surface area contributed by atoms with Crippen LogP contribution in [-0.2, 0) is 0 Å². The lowest BCUT2D eigenvalue weighted by Gasteiger charge is -2.07. The van der Waals surface area contributed by atoms with Crippen molar-refractivity contribution in [1.29, 1.82) is 0 Å². The Balaban J connectivity index is 2.22. The molecule has 5 nitrogen and oxygen atoms in total. The second-order valence-electron chi connectivity index (χ2n) is 3.48. The van der Waals surface area contributed by atoms with Crippen LogP contribution in [0.15, 0.2) is 24.3 Å². The van der Waals surface area contributed by atoms with Crippen molar-refractivity contribution in [3.05, 3.63) is 45.2 Å². The Kier molecular flexibility index (Phi) is 4.09. The number of halogens is 3. The number of aromatic nitrogens is 2. The number of phenolic OH excluding ortho intramolecular Hbond substituents is 1. The van der Waals surface area contributed by atoms with Gasteiger partial charge in [-0.15, -0.1) is 10.2 Å². The summed E-state index contributed by atoms with van der Waals surface area (Å²) in [5, 5.41) is 19.4. The highest BCUT2D eigenvalue weighted by atomic mass is 35.5. The van der Waals surface area contributed by atoms with Gasteiger partial charge in [-0.25, -0.2) is 0 Å². The van der Waals surface area contributed by atoms with Crippen molar-refractivity contribution in [1.82, 2.24) is 10.2 Å². The van der Waals surface area contributed by atoms with Gasteiger partial charge in [0.25, 0.3) is 5.91 Å². The molecule has 1 heterocycles. The van der Waals surface area contributed by atoms with Crippen molar-refractivity contribution in [3.8, 4) is 5.75 Å². The van der Waals surface area contributed by atoms with Gasteiger partial charge in [-0.3, -0.25) is 4.79 Å². The summed E-state index contributed by atoms with van der Waals surface area (Å²) in [7, 11) is 0. The van der Waals surface area contributed by atoms with Crippen LogP contribution >= 0.6 is 34.8 Å². The topological polar surface area (TPSA) is 75.1 Å². The highest BCUT2D eigenvalue weighted by Crippen LogP contribution is 2.34. The van der Waals surface area contributed by atoms with E-state index in [2.05, 4.69) is 15.5 Å². The van der Waals surface area contributed by atoms with E-state index in [0.717, 1.165) is 0 Å². The molecule has 2 aromatic rings. The second kappa shape index (κ2) is 5.61. The van der Waals surface area contributed by atoms with Crippen molar-refractivity contribution in [2.45, 2.75) is 0 Å². The van der Waals surface area contributed by atoms with E-state index in [1.165, 1.54) is 24.3 Å². The normalized spacial score (nSPS) is 10.3. The van der Waals surface area contributed by atoms with Crippen LogP contribution in [0.2, 0.25) is 15.2 Å². The summed E-state index contributed by atoms with van der Waals surface area (Å²) in [6, 6.07) is 5.60. The Morgan fingerprint density at radius 2 is 1.74 bits per heavy atom. The van der Waals surface area contributed by atoms with E-state index in [9.17, 15) is 9.90 Å². The molecule has 0 spiro atoms. The summed E-state index contributed by atoms with van der Waals surface area (Å²) in [6.07, 6.45) is 0. The lowest BCUT2D eigenvalue weighted by atomic mass is 10.3. The molecule has 8 heteroatoms. The number of nitrogens with one attached hydrogen (secondary N) is 1. The third kappa shape index (κ3) is 3.26. The van der Waals surface area contributed by atoms with Crippen LogP contribution < -0.4 is 5.32 Å². The summed E-state index contributed by atoms with van der Waals surface area (Å²) < 4.78 is 0. The average molecular weight is 319 g/mol. The fourth-order valence-electron chi connectivity index (χ4n) is 1.27. The quantitative estimate of drug-likeness (QED) is 0.832. The standard InChI is InChI=1S/C11H6Cl3N3O2/c12-6-3-5(4-7(13)10(6)18)15-11(19)8-1-2-9(14)17-16-8/h1-4,18H,(H,15,19). The summed E-state index contributed by atoms with van der Waals surface area (Å²) >= 11 is 17.0. The SMILES string of the molecule is O=C(Nc1cc(Cl)c(O)c(Cl)c1)c1ccc(Cl)nn1. The molecule has 98 valence electrons. The molecule has 1 aromatic carbocycles. The van der Waals surface area contributed by atoms with Gasteiger partial charge in [0.05, 0.1) is 10.0 Å². The van der Waals surface area contributed by atoms with Crippen LogP contribution in [0.1, 0.15) is 10.5 Å². The van der Waals surface area contributed by atoms with Crippen LogP contribution in [0.3, 0.4) is 0 Å². The number of anilines is 1. The minimum absolute atomic E-state index is 0.0324. The number of hydrogen-bond donors (Lipinski definition) is 2. The maximum Gasteiger partial charge on any atom is 0.276 e. The molecule has 0 fully saturated rings. The molecular formula is C11H6Cl3N3O2. The number of amides is 1. The summed E-state index contributed by atoms with van der Waals surface area (Å²) in [5.41, 5.74) is 0.416. The number of carbonyl (C=O) groups excluding carboxylic acids is 1. The lowest BCUT2D eigenvalue weighted by Crippen LogP contribution is -2.14. The van der Waals surface area contributed by atoms with Crippen molar-refractivity contribution in [3.63, 3.8) is 0 Å². The predicted octanol–water partition coefficient (Wildman–Crippen LogP) is 3.39. The number of hydrogen-bond acceptors (Lipinski definition) is 4. The second-order valence-corrected chi connectivity index (χ2v) is 4.69. The van der Waals surface area contributed by atoms with E-state index in [1.807, 2.05) is 0 Å². The zero-order valence-corrected chi connectivity index (χ0v) is 11.5. The molecule has 0 saturated carbocycles. The Bertz CT molecular complexity index is 609. The van der Waals surface area contributed by atoms with Gasteiger partial charge in [0.1, 0.15) is 0 Å². The largest absolute Gasteiger partial charge is 0.505 e. The third-order valence-corrected chi connectivity index (χ3v) is 2.92. The number of phenols is 1. The molecule has 19 heavy (non-hydrogen) atoms. The van der Waals surface area contributed by atoms with Gasteiger partial charge in [0.15, 0.2) is 16.6 Å². The maximum atomic E-state index is 11.8. The fourth-order valence-corrected chi connectivity index (χ4v) is 1.86. The number of aromatic hydroxyl groups is 1. The van der Waals surface area contributed by atoms with Crippen LogP contribution in [0.4, 0.5) is 5.69 Å². The first-order valence-corrected chi connectivity index (χ1v) is 6.09. The predicted molar refractivity (Wildman–Crippen MR) is 73.1 cm³/mol. The molecule has 0 aliphatic rings. The van der Waals surface area contributed by atoms with Gasteiger partial charge in [0.2, 0.25) is 0 Å². The lowest BCUT2D eigenvalue weighted by molar-refractivity contribution is 0.102. The van der Waals surface area contributed by atoms with E-state index < -0.39 is 5.91 Å². The molecule has 0 atom stereocenters. The zero-order chi connectivity index (χ0) is 14.0. The molecule has 0 unspecified atom stereocenters. The number of nitrogens with zero attached hydrogens (tertiary/aromatic N) is 2. The minimum Gasteiger partial charge on any atom is -0.505 e. The Hall–Kier alpha value is -1.56. The molecule has 2 N–H and O–H groups in total. The monoisotopic (exact) mass is 317 g/mol. The molecular weight excluding hydrogens is 312 g/mol. The minimum atomic E-state index is -0.498. The summed E-state index contributed by atoms with van der Waals surface area (Å²) in [5.74, 6) is -0.741. The van der Waals surface area contributed by atoms with Crippen LogP contribution in [0.5, 0.6) is 5.75 Å². The Morgan fingerprint density at radius 3 is 2.26 bits per heavy atom. The van der Waals surface area contributed by atoms with Crippen molar-refractivity contribution in [2.75, 3.05) is 5.32 Å². The van der Waals surface area contributed by atoms with Crippen molar-refractivity contribution < 1.29 is 9.90 Å². The average Bonchev–Trinajstić information content (AvgIpc) is 2.36. The van der Waals surface area contributed by atoms with E-state index in [1.54, 1.807) is 0 Å². The highest BCUT2D eigenvalue weighted by Gasteiger charge is 2.11. The molecule has 2 rings (SSSR count). The van der Waals surface area contributed by atoms with Gasteiger partial charge in [0, 0.05) is 5.69 Å². The number of carbonyl (C=O) groups is 1. The van der Waals surface area contributed by atoms with Gasteiger partial charge >= 0.3 is 0 Å². The van der Waals surface area contributed by atoms with E-state index in [-0.39, 0.29) is 26.6 Å². The molecule has 0 aliphatic heterocycles. The van der Waals surface area contributed by atoms with Gasteiger partial charge in [-0.2, -0.15) is 0 Å². The first-order valence-electron chi connectivity index (χ1n) is 4.96. The summed E-state index contributed by atoms with van der Waals surface area (Å²) in [6.45, 7) is 0.